The maximum absolute atomic E-state index is 12.2. The number of nitrogens with two attached hydrogens (primary N) is 1. The monoisotopic (exact) mass is 255 g/mol. The molecular weight excluding hydrogens is 226 g/mol. The van der Waals surface area contributed by atoms with E-state index in [-0.39, 0.29) is 23.5 Å². The van der Waals surface area contributed by atoms with Gasteiger partial charge in [0.25, 0.3) is 0 Å². The van der Waals surface area contributed by atoms with Gasteiger partial charge in [-0.1, -0.05) is 13.8 Å². The lowest BCUT2D eigenvalue weighted by Gasteiger charge is -2.39. The van der Waals surface area contributed by atoms with Crippen molar-refractivity contribution in [2.45, 2.75) is 65.1 Å². The highest BCUT2D eigenvalue weighted by molar-refractivity contribution is 5.82. The Morgan fingerprint density at radius 2 is 2.17 bits per heavy atom. The third kappa shape index (κ3) is 3.95. The topological polar surface area (TPSA) is 58.4 Å². The van der Waals surface area contributed by atoms with Gasteiger partial charge in [-0.05, 0) is 46.1 Å². The zero-order chi connectivity index (χ0) is 13.9. The fourth-order valence-corrected chi connectivity index (χ4v) is 2.17. The highest BCUT2D eigenvalue weighted by Gasteiger charge is 2.30. The number of likely N-dealkylation sites (tertiary alicyclic amines) is 1. The molecule has 1 fully saturated rings. The van der Waals surface area contributed by atoms with Gasteiger partial charge in [0.15, 0.2) is 0 Å². The van der Waals surface area contributed by atoms with Gasteiger partial charge in [0.1, 0.15) is 0 Å². The number of carbonyl (C=O) groups is 1. The summed E-state index contributed by atoms with van der Waals surface area (Å²) < 4.78 is 0. The van der Waals surface area contributed by atoms with Crippen molar-refractivity contribution in [2.75, 3.05) is 13.1 Å². The molecule has 18 heavy (non-hydrogen) atoms. The van der Waals surface area contributed by atoms with E-state index in [9.17, 15) is 4.79 Å². The van der Waals surface area contributed by atoms with Crippen molar-refractivity contribution in [1.82, 2.24) is 10.2 Å². The van der Waals surface area contributed by atoms with Crippen LogP contribution in [0.3, 0.4) is 0 Å². The number of rotatable bonds is 4. The Morgan fingerprint density at radius 3 is 2.67 bits per heavy atom. The summed E-state index contributed by atoms with van der Waals surface area (Å²) in [6, 6.07) is 0.0996. The largest absolute Gasteiger partial charge is 0.350 e. The molecule has 3 atom stereocenters. The Balaban J connectivity index is 2.54. The van der Waals surface area contributed by atoms with Crippen molar-refractivity contribution in [1.29, 1.82) is 0 Å². The fourth-order valence-electron chi connectivity index (χ4n) is 2.17. The molecule has 1 rings (SSSR count). The quantitative estimate of drug-likeness (QED) is 0.797. The first-order valence-corrected chi connectivity index (χ1v) is 7.08. The van der Waals surface area contributed by atoms with E-state index in [0.29, 0.717) is 5.92 Å². The minimum absolute atomic E-state index is 0.0885. The lowest BCUT2D eigenvalue weighted by molar-refractivity contribution is -0.128. The summed E-state index contributed by atoms with van der Waals surface area (Å²) in [5.74, 6) is 0.673. The van der Waals surface area contributed by atoms with Gasteiger partial charge in [-0.2, -0.15) is 0 Å². The molecule has 1 aliphatic heterocycles. The van der Waals surface area contributed by atoms with E-state index < -0.39 is 0 Å². The van der Waals surface area contributed by atoms with Gasteiger partial charge in [-0.25, -0.2) is 0 Å². The van der Waals surface area contributed by atoms with Gasteiger partial charge < -0.3 is 11.1 Å². The van der Waals surface area contributed by atoms with Crippen molar-refractivity contribution in [2.24, 2.45) is 11.7 Å². The Morgan fingerprint density at radius 1 is 1.56 bits per heavy atom. The number of nitrogens with one attached hydrogen (secondary N) is 1. The Kier molecular flexibility index (Phi) is 5.17. The summed E-state index contributed by atoms with van der Waals surface area (Å²) in [7, 11) is 0. The van der Waals surface area contributed by atoms with Gasteiger partial charge >= 0.3 is 0 Å². The molecule has 4 nitrogen and oxygen atoms in total. The van der Waals surface area contributed by atoms with Crippen LogP contribution in [0.2, 0.25) is 0 Å². The zero-order valence-corrected chi connectivity index (χ0v) is 12.5. The van der Waals surface area contributed by atoms with Crippen molar-refractivity contribution in [3.63, 3.8) is 0 Å². The summed E-state index contributed by atoms with van der Waals surface area (Å²) >= 11 is 0. The highest BCUT2D eigenvalue weighted by Crippen LogP contribution is 2.18. The first kappa shape index (κ1) is 15.4. The van der Waals surface area contributed by atoms with Crippen LogP contribution >= 0.6 is 0 Å². The Bertz CT molecular complexity index is 291. The van der Waals surface area contributed by atoms with Crippen LogP contribution < -0.4 is 11.1 Å². The molecule has 1 aliphatic rings. The second-order valence-corrected chi connectivity index (χ2v) is 6.33. The van der Waals surface area contributed by atoms with Crippen molar-refractivity contribution < 1.29 is 4.79 Å². The van der Waals surface area contributed by atoms with Crippen molar-refractivity contribution in [3.05, 3.63) is 0 Å². The lowest BCUT2D eigenvalue weighted by atomic mass is 9.93. The minimum atomic E-state index is -0.128. The molecular formula is C14H29N3O. The smallest absolute Gasteiger partial charge is 0.237 e. The maximum Gasteiger partial charge on any atom is 0.237 e. The number of piperidine rings is 1. The molecule has 0 bridgehead atoms. The van der Waals surface area contributed by atoms with E-state index in [4.69, 9.17) is 5.73 Å². The molecule has 0 aromatic rings. The summed E-state index contributed by atoms with van der Waals surface area (Å²) in [5, 5.41) is 3.11. The third-order valence-electron chi connectivity index (χ3n) is 4.32. The van der Waals surface area contributed by atoms with Crippen LogP contribution in [0.15, 0.2) is 0 Å². The highest BCUT2D eigenvalue weighted by atomic mass is 16.2. The second-order valence-electron chi connectivity index (χ2n) is 6.33. The van der Waals surface area contributed by atoms with E-state index in [0.717, 1.165) is 25.9 Å². The van der Waals surface area contributed by atoms with Gasteiger partial charge in [-0.15, -0.1) is 0 Å². The molecule has 0 aromatic carbocycles. The molecule has 0 aromatic heterocycles. The van der Waals surface area contributed by atoms with Gasteiger partial charge in [0.2, 0.25) is 5.91 Å². The summed E-state index contributed by atoms with van der Waals surface area (Å²) in [4.78, 5) is 14.4. The van der Waals surface area contributed by atoms with Gasteiger partial charge in [0, 0.05) is 18.1 Å². The number of amides is 1. The summed E-state index contributed by atoms with van der Waals surface area (Å²) in [6.07, 6.45) is 2.01. The van der Waals surface area contributed by atoms with Crippen LogP contribution in [0, 0.1) is 5.92 Å². The fraction of sp³-hybridized carbons (Fsp3) is 0.929. The number of hydrogen-bond donors (Lipinski definition) is 2. The van der Waals surface area contributed by atoms with Crippen LogP contribution in [0.25, 0.3) is 0 Å². The van der Waals surface area contributed by atoms with E-state index in [2.05, 4.69) is 37.9 Å². The van der Waals surface area contributed by atoms with Crippen molar-refractivity contribution in [3.8, 4) is 0 Å². The molecule has 1 amide bonds. The Labute approximate surface area is 111 Å². The molecule has 0 spiro atoms. The van der Waals surface area contributed by atoms with E-state index in [1.54, 1.807) is 0 Å². The summed E-state index contributed by atoms with van der Waals surface area (Å²) in [5.41, 5.74) is 5.96. The third-order valence-corrected chi connectivity index (χ3v) is 4.32. The van der Waals surface area contributed by atoms with Crippen LogP contribution in [-0.4, -0.2) is 41.5 Å². The zero-order valence-electron chi connectivity index (χ0n) is 12.5. The van der Waals surface area contributed by atoms with E-state index in [1.807, 2.05) is 6.92 Å². The van der Waals surface area contributed by atoms with Gasteiger partial charge in [-0.3, -0.25) is 9.69 Å². The first-order chi connectivity index (χ1) is 8.26. The molecule has 1 saturated heterocycles. The van der Waals surface area contributed by atoms with Gasteiger partial charge in [0.05, 0.1) is 6.04 Å². The molecule has 0 saturated carbocycles. The molecule has 0 radical (unpaired) electrons. The SMILES string of the molecule is CCC(C)(C)NC(=O)C(C)N1CCC(C)C(N)C1. The minimum Gasteiger partial charge on any atom is -0.350 e. The van der Waals surface area contributed by atoms with Crippen LogP contribution in [-0.2, 0) is 4.79 Å². The van der Waals surface area contributed by atoms with E-state index in [1.165, 1.54) is 0 Å². The lowest BCUT2D eigenvalue weighted by Crippen LogP contribution is -2.57. The van der Waals surface area contributed by atoms with Crippen LogP contribution in [0.4, 0.5) is 0 Å². The number of nitrogens with zero attached hydrogens (tertiary/aromatic N) is 1. The molecule has 106 valence electrons. The van der Waals surface area contributed by atoms with Crippen LogP contribution in [0.1, 0.15) is 47.5 Å². The first-order valence-electron chi connectivity index (χ1n) is 7.08. The molecule has 0 aliphatic carbocycles. The number of hydrogen-bond acceptors (Lipinski definition) is 3. The average Bonchev–Trinajstić information content (AvgIpc) is 2.31. The van der Waals surface area contributed by atoms with Crippen molar-refractivity contribution >= 4 is 5.91 Å². The van der Waals surface area contributed by atoms with E-state index >= 15 is 0 Å². The molecule has 3 N–H and O–H groups in total. The second kappa shape index (κ2) is 6.02. The molecule has 4 heteroatoms. The maximum atomic E-state index is 12.2. The predicted molar refractivity (Wildman–Crippen MR) is 75.3 cm³/mol. The molecule has 1 heterocycles. The Hall–Kier alpha value is -0.610. The number of carbonyl (C=O) groups excluding carboxylic acids is 1. The molecule has 3 unspecified atom stereocenters. The average molecular weight is 255 g/mol. The normalized spacial score (nSPS) is 27.9. The summed E-state index contributed by atoms with van der Waals surface area (Å²) in [6.45, 7) is 12.2. The standard InChI is InChI=1S/C14H29N3O/c1-6-14(4,5)16-13(18)11(3)17-8-7-10(2)12(15)9-17/h10-12H,6-9,15H2,1-5H3,(H,16,18). The predicted octanol–water partition coefficient (Wildman–Crippen LogP) is 1.35. The van der Waals surface area contributed by atoms with Crippen LogP contribution in [0.5, 0.6) is 0 Å².